The number of hydrogen-bond donors (Lipinski definition) is 3. The van der Waals surface area contributed by atoms with Gasteiger partial charge in [0.2, 0.25) is 5.91 Å². The fourth-order valence-corrected chi connectivity index (χ4v) is 2.89. The third kappa shape index (κ3) is 4.73. The molecular formula is C19H21ClN2O3. The summed E-state index contributed by atoms with van der Waals surface area (Å²) in [5.74, 6) is -0.830. The van der Waals surface area contributed by atoms with Crippen LogP contribution in [0.1, 0.15) is 36.7 Å². The molecule has 2 rings (SSSR count). The van der Waals surface area contributed by atoms with Crippen molar-refractivity contribution in [3.8, 4) is 5.75 Å². The second-order valence-corrected chi connectivity index (χ2v) is 6.87. The number of benzene rings is 2. The maximum absolute atomic E-state index is 12.4. The van der Waals surface area contributed by atoms with Gasteiger partial charge in [0.15, 0.2) is 0 Å². The van der Waals surface area contributed by atoms with Crippen molar-refractivity contribution in [2.45, 2.75) is 26.2 Å². The van der Waals surface area contributed by atoms with E-state index < -0.39 is 11.3 Å². The van der Waals surface area contributed by atoms with E-state index in [1.54, 1.807) is 0 Å². The number of amides is 2. The molecule has 3 N–H and O–H groups in total. The number of anilines is 1. The van der Waals surface area contributed by atoms with Gasteiger partial charge >= 0.3 is 0 Å². The fraction of sp³-hybridized carbons (Fsp3) is 0.263. The zero-order valence-electron chi connectivity index (χ0n) is 14.4. The number of phenolic OH excluding ortho intramolecular Hbond substituents is 1. The molecule has 5 nitrogen and oxygen atoms in total. The van der Waals surface area contributed by atoms with Gasteiger partial charge in [0.05, 0.1) is 5.56 Å². The molecule has 0 atom stereocenters. The van der Waals surface area contributed by atoms with Gasteiger partial charge in [-0.15, -0.1) is 0 Å². The maximum Gasteiger partial charge on any atom is 0.255 e. The summed E-state index contributed by atoms with van der Waals surface area (Å²) in [6, 6.07) is 11.8. The summed E-state index contributed by atoms with van der Waals surface area (Å²) in [6.45, 7) is 5.66. The summed E-state index contributed by atoms with van der Waals surface area (Å²) in [5, 5.41) is 16.0. The second kappa shape index (κ2) is 7.57. The summed E-state index contributed by atoms with van der Waals surface area (Å²) in [6.07, 6.45) is 0. The smallest absolute Gasteiger partial charge is 0.255 e. The highest BCUT2D eigenvalue weighted by atomic mass is 35.5. The molecule has 0 aliphatic heterocycles. The first-order valence-electron chi connectivity index (χ1n) is 7.84. The largest absolute Gasteiger partial charge is 0.507 e. The first kappa shape index (κ1) is 18.8. The summed E-state index contributed by atoms with van der Waals surface area (Å²) in [7, 11) is 0. The zero-order chi connectivity index (χ0) is 18.6. The quantitative estimate of drug-likeness (QED) is 0.711. The zero-order valence-corrected chi connectivity index (χ0v) is 15.1. The van der Waals surface area contributed by atoms with Gasteiger partial charge in [0.25, 0.3) is 5.91 Å². The SMILES string of the molecule is CC(=O)Nc1ccc(O)c(C(=O)NCC(C)(C)c2ccccc2Cl)c1. The van der Waals surface area contributed by atoms with Gasteiger partial charge in [0, 0.05) is 29.6 Å². The predicted molar refractivity (Wildman–Crippen MR) is 99.2 cm³/mol. The number of halogens is 1. The molecule has 0 bridgehead atoms. The lowest BCUT2D eigenvalue weighted by Crippen LogP contribution is -2.37. The minimum absolute atomic E-state index is 0.0983. The van der Waals surface area contributed by atoms with E-state index in [9.17, 15) is 14.7 Å². The second-order valence-electron chi connectivity index (χ2n) is 6.46. The minimum atomic E-state index is -0.426. The van der Waals surface area contributed by atoms with Crippen LogP contribution in [0.2, 0.25) is 5.02 Å². The Balaban J connectivity index is 2.14. The molecule has 132 valence electrons. The number of rotatable bonds is 5. The van der Waals surface area contributed by atoms with Crippen LogP contribution in [-0.2, 0) is 10.2 Å². The molecular weight excluding hydrogens is 340 g/mol. The van der Waals surface area contributed by atoms with Crippen LogP contribution in [0, 0.1) is 0 Å². The van der Waals surface area contributed by atoms with E-state index in [1.165, 1.54) is 25.1 Å². The molecule has 2 aromatic carbocycles. The molecule has 2 aromatic rings. The van der Waals surface area contributed by atoms with Crippen LogP contribution in [0.5, 0.6) is 5.75 Å². The van der Waals surface area contributed by atoms with E-state index in [1.807, 2.05) is 38.1 Å². The average molecular weight is 361 g/mol. The minimum Gasteiger partial charge on any atom is -0.507 e. The number of aromatic hydroxyl groups is 1. The topological polar surface area (TPSA) is 78.4 Å². The Morgan fingerprint density at radius 1 is 1.16 bits per heavy atom. The number of nitrogens with one attached hydrogen (secondary N) is 2. The van der Waals surface area contributed by atoms with E-state index in [4.69, 9.17) is 11.6 Å². The Morgan fingerprint density at radius 3 is 2.48 bits per heavy atom. The molecule has 25 heavy (non-hydrogen) atoms. The maximum atomic E-state index is 12.4. The molecule has 0 saturated carbocycles. The van der Waals surface area contributed by atoms with Crippen LogP contribution in [0.25, 0.3) is 0 Å². The average Bonchev–Trinajstić information content (AvgIpc) is 2.54. The molecule has 0 aliphatic carbocycles. The van der Waals surface area contributed by atoms with Gasteiger partial charge in [-0.3, -0.25) is 9.59 Å². The predicted octanol–water partition coefficient (Wildman–Crippen LogP) is 3.71. The molecule has 0 unspecified atom stereocenters. The lowest BCUT2D eigenvalue weighted by Gasteiger charge is -2.26. The van der Waals surface area contributed by atoms with Gasteiger partial charge in [-0.1, -0.05) is 43.6 Å². The van der Waals surface area contributed by atoms with Crippen molar-refractivity contribution in [1.82, 2.24) is 5.32 Å². The Bertz CT molecular complexity index is 803. The first-order valence-corrected chi connectivity index (χ1v) is 8.22. The summed E-state index contributed by atoms with van der Waals surface area (Å²) in [4.78, 5) is 23.6. The van der Waals surface area contributed by atoms with Gasteiger partial charge < -0.3 is 15.7 Å². The standard InChI is InChI=1S/C19H21ClN2O3/c1-12(23)22-13-8-9-17(24)14(10-13)18(25)21-11-19(2,3)15-6-4-5-7-16(15)20/h4-10,24H,11H2,1-3H3,(H,21,25)(H,22,23). The summed E-state index contributed by atoms with van der Waals surface area (Å²) in [5.41, 5.74) is 1.08. The van der Waals surface area contributed by atoms with Gasteiger partial charge in [0.1, 0.15) is 5.75 Å². The molecule has 0 aromatic heterocycles. The molecule has 0 heterocycles. The molecule has 0 aliphatic rings. The van der Waals surface area contributed by atoms with Crippen LogP contribution >= 0.6 is 11.6 Å². The molecule has 0 radical (unpaired) electrons. The molecule has 0 fully saturated rings. The van der Waals surface area contributed by atoms with Crippen LogP contribution in [0.3, 0.4) is 0 Å². The number of carbonyl (C=O) groups is 2. The van der Waals surface area contributed by atoms with Crippen LogP contribution < -0.4 is 10.6 Å². The van der Waals surface area contributed by atoms with Crippen LogP contribution in [-0.4, -0.2) is 23.5 Å². The van der Waals surface area contributed by atoms with E-state index in [0.717, 1.165) is 5.56 Å². The van der Waals surface area contributed by atoms with Crippen molar-refractivity contribution < 1.29 is 14.7 Å². The van der Waals surface area contributed by atoms with Gasteiger partial charge in [-0.05, 0) is 29.8 Å². The monoisotopic (exact) mass is 360 g/mol. The first-order chi connectivity index (χ1) is 11.7. The Labute approximate surface area is 152 Å². The third-order valence-electron chi connectivity index (χ3n) is 3.86. The normalized spacial score (nSPS) is 11.0. The number of carbonyl (C=O) groups excluding carboxylic acids is 2. The Kier molecular flexibility index (Phi) is 5.69. The Hall–Kier alpha value is -2.53. The molecule has 0 saturated heterocycles. The Morgan fingerprint density at radius 2 is 1.84 bits per heavy atom. The number of phenols is 1. The van der Waals surface area contributed by atoms with Gasteiger partial charge in [-0.25, -0.2) is 0 Å². The van der Waals surface area contributed by atoms with Crippen molar-refractivity contribution in [3.05, 3.63) is 58.6 Å². The lowest BCUT2D eigenvalue weighted by atomic mass is 9.84. The summed E-state index contributed by atoms with van der Waals surface area (Å²) < 4.78 is 0. The van der Waals surface area contributed by atoms with Crippen molar-refractivity contribution in [2.24, 2.45) is 0 Å². The van der Waals surface area contributed by atoms with Crippen molar-refractivity contribution >= 4 is 29.1 Å². The van der Waals surface area contributed by atoms with Crippen molar-refractivity contribution in [2.75, 3.05) is 11.9 Å². The van der Waals surface area contributed by atoms with E-state index in [0.29, 0.717) is 17.3 Å². The highest BCUT2D eigenvalue weighted by Gasteiger charge is 2.24. The summed E-state index contributed by atoms with van der Waals surface area (Å²) >= 11 is 6.24. The highest BCUT2D eigenvalue weighted by molar-refractivity contribution is 6.31. The lowest BCUT2D eigenvalue weighted by molar-refractivity contribution is -0.114. The van der Waals surface area contributed by atoms with Crippen molar-refractivity contribution in [3.63, 3.8) is 0 Å². The van der Waals surface area contributed by atoms with Crippen LogP contribution in [0.15, 0.2) is 42.5 Å². The molecule has 2 amide bonds. The number of hydrogen-bond acceptors (Lipinski definition) is 3. The molecule has 6 heteroatoms. The van der Waals surface area contributed by atoms with Crippen LogP contribution in [0.4, 0.5) is 5.69 Å². The fourth-order valence-electron chi connectivity index (χ4n) is 2.50. The van der Waals surface area contributed by atoms with Crippen molar-refractivity contribution in [1.29, 1.82) is 0 Å². The third-order valence-corrected chi connectivity index (χ3v) is 4.19. The molecule has 0 spiro atoms. The van der Waals surface area contributed by atoms with E-state index >= 15 is 0 Å². The van der Waals surface area contributed by atoms with E-state index in [2.05, 4.69) is 10.6 Å². The highest BCUT2D eigenvalue weighted by Crippen LogP contribution is 2.29. The van der Waals surface area contributed by atoms with E-state index in [-0.39, 0.29) is 17.2 Å². The van der Waals surface area contributed by atoms with Gasteiger partial charge in [-0.2, -0.15) is 0 Å².